The maximum atomic E-state index is 15.0. The van der Waals surface area contributed by atoms with E-state index in [1.165, 1.54) is 18.0 Å². The Morgan fingerprint density at radius 1 is 1.03 bits per heavy atom. The molecule has 0 spiro atoms. The highest BCUT2D eigenvalue weighted by Crippen LogP contribution is 2.32. The number of anilines is 2. The Kier molecular flexibility index (Phi) is 5.89. The number of piperazine rings is 1. The summed E-state index contributed by atoms with van der Waals surface area (Å²) in [5, 5.41) is 6.66. The molecule has 5 rings (SSSR count). The van der Waals surface area contributed by atoms with E-state index in [2.05, 4.69) is 30.5 Å². The summed E-state index contributed by atoms with van der Waals surface area (Å²) in [7, 11) is 0. The van der Waals surface area contributed by atoms with Crippen LogP contribution in [-0.4, -0.2) is 46.0 Å². The van der Waals surface area contributed by atoms with E-state index >= 15 is 4.39 Å². The van der Waals surface area contributed by atoms with E-state index in [0.717, 1.165) is 38.4 Å². The lowest BCUT2D eigenvalue weighted by molar-refractivity contribution is 0.233. The topological polar surface area (TPSA) is 78.1 Å². The standard InChI is InChI=1S/C24H24F2N6O/c1-15-12-18-19(30-15)6-7-20(21(18)25)33-24-22(26)23(28-14-29-24)31-17-4-2-16(3-5-17)13-32-10-8-27-9-11-32/h2-7,12,14,27,30H,8-11,13H2,1H3,(H,28,29,31). The number of benzene rings is 2. The van der Waals surface area contributed by atoms with Crippen LogP contribution < -0.4 is 15.4 Å². The third-order valence-corrected chi connectivity index (χ3v) is 5.63. The van der Waals surface area contributed by atoms with Gasteiger partial charge in [-0.3, -0.25) is 4.90 Å². The quantitative estimate of drug-likeness (QED) is 0.402. The number of halogens is 2. The zero-order chi connectivity index (χ0) is 22.8. The van der Waals surface area contributed by atoms with Crippen molar-refractivity contribution < 1.29 is 13.5 Å². The highest BCUT2D eigenvalue weighted by Gasteiger charge is 2.17. The van der Waals surface area contributed by atoms with Crippen LogP contribution in [0.4, 0.5) is 20.3 Å². The molecule has 33 heavy (non-hydrogen) atoms. The first-order valence-corrected chi connectivity index (χ1v) is 10.8. The van der Waals surface area contributed by atoms with E-state index in [9.17, 15) is 4.39 Å². The van der Waals surface area contributed by atoms with Crippen molar-refractivity contribution in [3.63, 3.8) is 0 Å². The number of rotatable bonds is 6. The van der Waals surface area contributed by atoms with Gasteiger partial charge in [0.15, 0.2) is 17.4 Å². The molecular formula is C24H24F2N6O. The van der Waals surface area contributed by atoms with Crippen LogP contribution in [0.15, 0.2) is 48.8 Å². The van der Waals surface area contributed by atoms with Crippen LogP contribution in [0.3, 0.4) is 0 Å². The molecule has 1 fully saturated rings. The molecule has 0 saturated carbocycles. The van der Waals surface area contributed by atoms with Gasteiger partial charge in [0.25, 0.3) is 5.88 Å². The average molecular weight is 450 g/mol. The summed E-state index contributed by atoms with van der Waals surface area (Å²) in [4.78, 5) is 13.3. The Hall–Kier alpha value is -3.56. The minimum Gasteiger partial charge on any atom is -0.433 e. The molecule has 3 heterocycles. The first kappa shape index (κ1) is 21.3. The number of aryl methyl sites for hydroxylation is 1. The van der Waals surface area contributed by atoms with Crippen molar-refractivity contribution in [2.24, 2.45) is 0 Å². The van der Waals surface area contributed by atoms with Crippen LogP contribution >= 0.6 is 0 Å². The Morgan fingerprint density at radius 2 is 1.82 bits per heavy atom. The van der Waals surface area contributed by atoms with Crippen molar-refractivity contribution in [1.82, 2.24) is 25.2 Å². The van der Waals surface area contributed by atoms with Crippen LogP contribution in [0.25, 0.3) is 10.9 Å². The number of nitrogens with zero attached hydrogens (tertiary/aromatic N) is 3. The van der Waals surface area contributed by atoms with Crippen molar-refractivity contribution in [1.29, 1.82) is 0 Å². The number of H-pyrrole nitrogens is 1. The van der Waals surface area contributed by atoms with Crippen molar-refractivity contribution in [2.75, 3.05) is 31.5 Å². The van der Waals surface area contributed by atoms with Gasteiger partial charge in [-0.25, -0.2) is 9.37 Å². The summed E-state index contributed by atoms with van der Waals surface area (Å²) in [5.74, 6) is -1.89. The van der Waals surface area contributed by atoms with E-state index in [1.807, 2.05) is 31.2 Å². The first-order valence-electron chi connectivity index (χ1n) is 10.8. The second kappa shape index (κ2) is 9.13. The van der Waals surface area contributed by atoms with Gasteiger partial charge in [0, 0.05) is 55.0 Å². The normalized spacial score (nSPS) is 14.5. The Morgan fingerprint density at radius 3 is 2.61 bits per heavy atom. The molecule has 1 aliphatic rings. The average Bonchev–Trinajstić information content (AvgIpc) is 3.21. The fourth-order valence-corrected chi connectivity index (χ4v) is 3.94. The monoisotopic (exact) mass is 450 g/mol. The summed E-state index contributed by atoms with van der Waals surface area (Å²) in [6, 6.07) is 12.6. The van der Waals surface area contributed by atoms with Gasteiger partial charge in [0.2, 0.25) is 5.82 Å². The summed E-state index contributed by atoms with van der Waals surface area (Å²) < 4.78 is 35.3. The third-order valence-electron chi connectivity index (χ3n) is 5.63. The second-order valence-corrected chi connectivity index (χ2v) is 8.08. The molecule has 0 radical (unpaired) electrons. The van der Waals surface area contributed by atoms with Gasteiger partial charge in [-0.05, 0) is 42.8 Å². The van der Waals surface area contributed by atoms with Crippen molar-refractivity contribution in [3.8, 4) is 11.6 Å². The predicted octanol–water partition coefficient (Wildman–Crippen LogP) is 4.49. The molecule has 0 atom stereocenters. The van der Waals surface area contributed by atoms with E-state index in [-0.39, 0.29) is 17.4 Å². The number of hydrogen-bond donors (Lipinski definition) is 3. The lowest BCUT2D eigenvalue weighted by Crippen LogP contribution is -2.42. The molecule has 1 aliphatic heterocycles. The van der Waals surface area contributed by atoms with Gasteiger partial charge in [-0.2, -0.15) is 9.37 Å². The van der Waals surface area contributed by atoms with Crippen LogP contribution in [0.1, 0.15) is 11.3 Å². The van der Waals surface area contributed by atoms with E-state index in [1.54, 1.807) is 12.1 Å². The molecular weight excluding hydrogens is 426 g/mol. The van der Waals surface area contributed by atoms with E-state index in [4.69, 9.17) is 4.74 Å². The Bertz CT molecular complexity index is 1270. The summed E-state index contributed by atoms with van der Waals surface area (Å²) in [5.41, 5.74) is 3.32. The van der Waals surface area contributed by atoms with Crippen LogP contribution in [0, 0.1) is 18.6 Å². The third kappa shape index (κ3) is 4.64. The number of aromatic nitrogens is 3. The van der Waals surface area contributed by atoms with E-state index in [0.29, 0.717) is 16.6 Å². The molecule has 3 N–H and O–H groups in total. The summed E-state index contributed by atoms with van der Waals surface area (Å²) in [6.07, 6.45) is 1.18. The van der Waals surface area contributed by atoms with Crippen molar-refractivity contribution in [3.05, 3.63) is 71.7 Å². The van der Waals surface area contributed by atoms with Gasteiger partial charge in [-0.1, -0.05) is 12.1 Å². The second-order valence-electron chi connectivity index (χ2n) is 8.08. The summed E-state index contributed by atoms with van der Waals surface area (Å²) in [6.45, 7) is 6.75. The minimum absolute atomic E-state index is 0.0474. The SMILES string of the molecule is Cc1cc2c(F)c(Oc3ncnc(Nc4ccc(CN5CCNCC5)cc4)c3F)ccc2[nH]1. The van der Waals surface area contributed by atoms with Gasteiger partial charge >= 0.3 is 0 Å². The zero-order valence-corrected chi connectivity index (χ0v) is 18.2. The largest absolute Gasteiger partial charge is 0.433 e. The van der Waals surface area contributed by atoms with Crippen molar-refractivity contribution >= 4 is 22.4 Å². The molecule has 0 amide bonds. The van der Waals surface area contributed by atoms with Gasteiger partial charge in [0.1, 0.15) is 6.33 Å². The van der Waals surface area contributed by atoms with Gasteiger partial charge < -0.3 is 20.4 Å². The number of aromatic amines is 1. The van der Waals surface area contributed by atoms with Gasteiger partial charge in [-0.15, -0.1) is 0 Å². The zero-order valence-electron chi connectivity index (χ0n) is 18.2. The highest BCUT2D eigenvalue weighted by molar-refractivity contribution is 5.82. The molecule has 7 nitrogen and oxygen atoms in total. The fraction of sp³-hybridized carbons (Fsp3) is 0.250. The van der Waals surface area contributed by atoms with Crippen LogP contribution in [0.2, 0.25) is 0 Å². The fourth-order valence-electron chi connectivity index (χ4n) is 3.94. The number of nitrogens with one attached hydrogen (secondary N) is 3. The minimum atomic E-state index is -0.799. The number of hydrogen-bond acceptors (Lipinski definition) is 6. The van der Waals surface area contributed by atoms with Crippen molar-refractivity contribution in [2.45, 2.75) is 13.5 Å². The number of fused-ring (bicyclic) bond motifs is 1. The van der Waals surface area contributed by atoms with Crippen LogP contribution in [-0.2, 0) is 6.54 Å². The molecule has 4 aromatic rings. The van der Waals surface area contributed by atoms with Crippen LogP contribution in [0.5, 0.6) is 11.6 Å². The predicted molar refractivity (Wildman–Crippen MR) is 123 cm³/mol. The molecule has 1 saturated heterocycles. The Balaban J connectivity index is 1.31. The van der Waals surface area contributed by atoms with Gasteiger partial charge in [0.05, 0.1) is 0 Å². The maximum absolute atomic E-state index is 15.0. The summed E-state index contributed by atoms with van der Waals surface area (Å²) >= 11 is 0. The molecule has 2 aromatic heterocycles. The Labute approximate surface area is 189 Å². The molecule has 170 valence electrons. The molecule has 0 unspecified atom stereocenters. The van der Waals surface area contributed by atoms with E-state index < -0.39 is 11.6 Å². The highest BCUT2D eigenvalue weighted by atomic mass is 19.1. The maximum Gasteiger partial charge on any atom is 0.261 e. The molecule has 2 aromatic carbocycles. The first-order chi connectivity index (χ1) is 16.1. The lowest BCUT2D eigenvalue weighted by atomic mass is 10.2. The molecule has 9 heteroatoms. The smallest absolute Gasteiger partial charge is 0.261 e. The molecule has 0 aliphatic carbocycles. The number of ether oxygens (including phenoxy) is 1. The molecule has 0 bridgehead atoms. The lowest BCUT2D eigenvalue weighted by Gasteiger charge is -2.27.